The summed E-state index contributed by atoms with van der Waals surface area (Å²) in [5.74, 6) is -1.41. The normalized spacial score (nSPS) is 11.5. The largest absolute Gasteiger partial charge is 0.380 e. The van der Waals surface area contributed by atoms with Crippen molar-refractivity contribution in [3.8, 4) is 11.3 Å². The van der Waals surface area contributed by atoms with Crippen molar-refractivity contribution in [1.29, 1.82) is 0 Å². The van der Waals surface area contributed by atoms with E-state index in [9.17, 15) is 8.78 Å². The molecule has 4 aromatic rings. The van der Waals surface area contributed by atoms with Crippen LogP contribution in [0.3, 0.4) is 0 Å². The Morgan fingerprint density at radius 1 is 1.24 bits per heavy atom. The molecule has 0 spiro atoms. The van der Waals surface area contributed by atoms with Crippen molar-refractivity contribution in [1.82, 2.24) is 24.3 Å². The predicted octanol–water partition coefficient (Wildman–Crippen LogP) is 2.13. The number of nitrogens with two attached hydrogens (primary N) is 1. The zero-order chi connectivity index (χ0) is 14.6. The second-order valence-electron chi connectivity index (χ2n) is 4.54. The zero-order valence-electron chi connectivity index (χ0n) is 10.5. The quantitative estimate of drug-likeness (QED) is 0.561. The Kier molecular flexibility index (Phi) is 2.23. The standard InChI is InChI=1S/C13H8F2N6/c14-6-1-7-8(3-19-13(7)18-2-6)10-9-4-17-5-21(9)11(15)12(16)20-10/h1-5H,16H2,(H,18,19). The molecule has 0 aliphatic heterocycles. The molecule has 0 bridgehead atoms. The third-order valence-corrected chi connectivity index (χ3v) is 3.29. The molecule has 104 valence electrons. The Balaban J connectivity index is 2.11. The van der Waals surface area contributed by atoms with Crippen LogP contribution in [-0.4, -0.2) is 24.3 Å². The summed E-state index contributed by atoms with van der Waals surface area (Å²) in [5.41, 5.74) is 7.52. The van der Waals surface area contributed by atoms with Crippen LogP contribution in [0.5, 0.6) is 0 Å². The van der Waals surface area contributed by atoms with E-state index in [0.717, 1.165) is 6.20 Å². The highest BCUT2D eigenvalue weighted by molar-refractivity contribution is 5.96. The molecule has 4 aromatic heterocycles. The molecule has 0 aliphatic rings. The van der Waals surface area contributed by atoms with E-state index in [1.165, 1.54) is 23.0 Å². The molecule has 6 nitrogen and oxygen atoms in total. The summed E-state index contributed by atoms with van der Waals surface area (Å²) in [6.45, 7) is 0. The van der Waals surface area contributed by atoms with Crippen molar-refractivity contribution >= 4 is 22.4 Å². The monoisotopic (exact) mass is 286 g/mol. The molecule has 0 radical (unpaired) electrons. The van der Waals surface area contributed by atoms with Crippen LogP contribution >= 0.6 is 0 Å². The molecule has 4 rings (SSSR count). The fourth-order valence-electron chi connectivity index (χ4n) is 2.35. The number of fused-ring (bicyclic) bond motifs is 2. The average molecular weight is 286 g/mol. The molecule has 0 saturated carbocycles. The van der Waals surface area contributed by atoms with E-state index in [-0.39, 0.29) is 5.82 Å². The smallest absolute Gasteiger partial charge is 0.242 e. The number of nitrogen functional groups attached to an aromatic ring is 1. The molecule has 8 heteroatoms. The van der Waals surface area contributed by atoms with Gasteiger partial charge in [-0.2, -0.15) is 4.39 Å². The first kappa shape index (κ1) is 11.8. The van der Waals surface area contributed by atoms with Crippen LogP contribution in [0.15, 0.2) is 31.0 Å². The van der Waals surface area contributed by atoms with Gasteiger partial charge in [0.15, 0.2) is 5.82 Å². The number of H-pyrrole nitrogens is 1. The number of imidazole rings is 1. The number of rotatable bonds is 1. The molecule has 3 N–H and O–H groups in total. The minimum atomic E-state index is -0.685. The van der Waals surface area contributed by atoms with Gasteiger partial charge in [-0.1, -0.05) is 0 Å². The number of hydrogen-bond donors (Lipinski definition) is 2. The lowest BCUT2D eigenvalue weighted by molar-refractivity contribution is 0.567. The van der Waals surface area contributed by atoms with Gasteiger partial charge in [0, 0.05) is 17.1 Å². The first-order chi connectivity index (χ1) is 10.1. The Labute approximate surface area is 116 Å². The number of nitrogens with zero attached hydrogens (tertiary/aromatic N) is 4. The highest BCUT2D eigenvalue weighted by atomic mass is 19.1. The van der Waals surface area contributed by atoms with E-state index in [0.29, 0.717) is 27.8 Å². The van der Waals surface area contributed by atoms with Crippen molar-refractivity contribution in [2.45, 2.75) is 0 Å². The first-order valence-corrected chi connectivity index (χ1v) is 6.05. The van der Waals surface area contributed by atoms with E-state index in [2.05, 4.69) is 19.9 Å². The first-order valence-electron chi connectivity index (χ1n) is 6.05. The molecule has 4 heterocycles. The van der Waals surface area contributed by atoms with Crippen LogP contribution in [0.2, 0.25) is 0 Å². The second-order valence-corrected chi connectivity index (χ2v) is 4.54. The molecule has 21 heavy (non-hydrogen) atoms. The molecule has 0 saturated heterocycles. The van der Waals surface area contributed by atoms with Crippen LogP contribution in [0, 0.1) is 11.8 Å². The number of aromatic nitrogens is 5. The molecule has 0 unspecified atom stereocenters. The van der Waals surface area contributed by atoms with Gasteiger partial charge >= 0.3 is 0 Å². The minimum Gasteiger partial charge on any atom is -0.380 e. The van der Waals surface area contributed by atoms with Crippen LogP contribution in [0.4, 0.5) is 14.6 Å². The summed E-state index contributed by atoms with van der Waals surface area (Å²) in [6.07, 6.45) is 5.52. The number of pyridine rings is 1. The highest BCUT2D eigenvalue weighted by Gasteiger charge is 2.17. The van der Waals surface area contributed by atoms with Crippen molar-refractivity contribution in [3.05, 3.63) is 42.7 Å². The van der Waals surface area contributed by atoms with E-state index >= 15 is 0 Å². The molecule has 0 atom stereocenters. The van der Waals surface area contributed by atoms with Gasteiger partial charge in [0.2, 0.25) is 5.95 Å². The number of hydrogen-bond acceptors (Lipinski definition) is 4. The second kappa shape index (κ2) is 3.98. The fourth-order valence-corrected chi connectivity index (χ4v) is 2.35. The summed E-state index contributed by atoms with van der Waals surface area (Å²) in [6, 6.07) is 1.34. The van der Waals surface area contributed by atoms with Gasteiger partial charge in [-0.3, -0.25) is 4.40 Å². The maximum absolute atomic E-state index is 13.9. The summed E-state index contributed by atoms with van der Waals surface area (Å²) in [4.78, 5) is 14.8. The minimum absolute atomic E-state index is 0.255. The maximum Gasteiger partial charge on any atom is 0.242 e. The van der Waals surface area contributed by atoms with Gasteiger partial charge in [0.1, 0.15) is 23.5 Å². The van der Waals surface area contributed by atoms with Gasteiger partial charge < -0.3 is 10.7 Å². The molecule has 0 aliphatic carbocycles. The fraction of sp³-hybridized carbons (Fsp3) is 0. The summed E-state index contributed by atoms with van der Waals surface area (Å²) < 4.78 is 28.5. The van der Waals surface area contributed by atoms with E-state index in [4.69, 9.17) is 5.73 Å². The van der Waals surface area contributed by atoms with Crippen LogP contribution < -0.4 is 5.73 Å². The molecule has 0 fully saturated rings. The van der Waals surface area contributed by atoms with Gasteiger partial charge in [0.25, 0.3) is 0 Å². The van der Waals surface area contributed by atoms with E-state index in [1.54, 1.807) is 6.20 Å². The van der Waals surface area contributed by atoms with Gasteiger partial charge in [-0.25, -0.2) is 19.3 Å². The van der Waals surface area contributed by atoms with Crippen molar-refractivity contribution in [2.24, 2.45) is 0 Å². The molecule has 0 amide bonds. The van der Waals surface area contributed by atoms with Crippen molar-refractivity contribution in [3.63, 3.8) is 0 Å². The maximum atomic E-state index is 13.9. The summed E-state index contributed by atoms with van der Waals surface area (Å²) >= 11 is 0. The molecular formula is C13H8F2N6. The number of aromatic amines is 1. The summed E-state index contributed by atoms with van der Waals surface area (Å²) in [7, 11) is 0. The summed E-state index contributed by atoms with van der Waals surface area (Å²) in [5, 5.41) is 0.539. The molecular weight excluding hydrogens is 278 g/mol. The number of anilines is 1. The van der Waals surface area contributed by atoms with E-state index in [1.807, 2.05) is 0 Å². The highest BCUT2D eigenvalue weighted by Crippen LogP contribution is 2.31. The molecule has 0 aromatic carbocycles. The lowest BCUT2D eigenvalue weighted by atomic mass is 10.1. The Hall–Kier alpha value is -3.03. The third kappa shape index (κ3) is 1.59. The number of halogens is 2. The Morgan fingerprint density at radius 3 is 2.95 bits per heavy atom. The van der Waals surface area contributed by atoms with Crippen LogP contribution in [0.25, 0.3) is 27.8 Å². The van der Waals surface area contributed by atoms with Crippen LogP contribution in [0.1, 0.15) is 0 Å². The lowest BCUT2D eigenvalue weighted by Gasteiger charge is -2.06. The van der Waals surface area contributed by atoms with Gasteiger partial charge in [0.05, 0.1) is 17.9 Å². The average Bonchev–Trinajstić information content (AvgIpc) is 3.09. The van der Waals surface area contributed by atoms with Crippen molar-refractivity contribution in [2.75, 3.05) is 5.73 Å². The van der Waals surface area contributed by atoms with Gasteiger partial charge in [-0.05, 0) is 6.07 Å². The Morgan fingerprint density at radius 2 is 2.10 bits per heavy atom. The van der Waals surface area contributed by atoms with Crippen molar-refractivity contribution < 1.29 is 8.78 Å². The predicted molar refractivity (Wildman–Crippen MR) is 72.4 cm³/mol. The number of nitrogens with one attached hydrogen (secondary N) is 1. The van der Waals surface area contributed by atoms with Gasteiger partial charge in [-0.15, -0.1) is 0 Å². The SMILES string of the molecule is Nc1nc(-c2c[nH]c3ncc(F)cc23)c2cncn2c1F. The Bertz CT molecular complexity index is 987. The lowest BCUT2D eigenvalue weighted by Crippen LogP contribution is -2.03. The van der Waals surface area contributed by atoms with E-state index < -0.39 is 11.8 Å². The van der Waals surface area contributed by atoms with Crippen LogP contribution in [-0.2, 0) is 0 Å². The topological polar surface area (TPSA) is 84.9 Å². The third-order valence-electron chi connectivity index (χ3n) is 3.29. The zero-order valence-corrected chi connectivity index (χ0v) is 10.5.